The average molecular weight is 350 g/mol. The lowest BCUT2D eigenvalue weighted by Crippen LogP contribution is -2.28. The summed E-state index contributed by atoms with van der Waals surface area (Å²) in [7, 11) is 0. The van der Waals surface area contributed by atoms with Gasteiger partial charge in [-0.15, -0.1) is 0 Å². The van der Waals surface area contributed by atoms with Gasteiger partial charge in [0.05, 0.1) is 11.6 Å². The van der Waals surface area contributed by atoms with Gasteiger partial charge in [-0.1, -0.05) is 53.2 Å². The quantitative estimate of drug-likeness (QED) is 0.717. The molecule has 1 heterocycles. The third-order valence-electron chi connectivity index (χ3n) is 4.25. The summed E-state index contributed by atoms with van der Waals surface area (Å²) in [6.45, 7) is 5.95. The van der Waals surface area contributed by atoms with Gasteiger partial charge in [0.1, 0.15) is 18.1 Å². The molecule has 0 fully saturated rings. The predicted molar refractivity (Wildman–Crippen MR) is 99.1 cm³/mol. The van der Waals surface area contributed by atoms with Crippen LogP contribution in [0.4, 0.5) is 0 Å². The highest BCUT2D eigenvalue weighted by molar-refractivity contribution is 5.94. The number of aromatic nitrogens is 1. The fraction of sp³-hybridized carbons (Fsp3) is 0.238. The standard InChI is InChI=1S/C21H22N2O3/c1-14-9-11-18(12-10-14)25-13-19-16(3)26-23-20(19)21(24)22-15(2)17-7-5-4-6-8-17/h4-12,15H,13H2,1-3H3,(H,22,24). The topological polar surface area (TPSA) is 64.4 Å². The lowest BCUT2D eigenvalue weighted by Gasteiger charge is -2.14. The molecule has 134 valence electrons. The summed E-state index contributed by atoms with van der Waals surface area (Å²) in [5, 5.41) is 6.88. The molecule has 0 aliphatic rings. The number of benzene rings is 2. The minimum absolute atomic E-state index is 0.133. The zero-order valence-corrected chi connectivity index (χ0v) is 15.2. The van der Waals surface area contributed by atoms with Gasteiger partial charge in [0.15, 0.2) is 5.69 Å². The van der Waals surface area contributed by atoms with Crippen LogP contribution in [0.1, 0.15) is 45.9 Å². The second-order valence-electron chi connectivity index (χ2n) is 6.27. The Hall–Kier alpha value is -3.08. The van der Waals surface area contributed by atoms with Crippen molar-refractivity contribution in [1.82, 2.24) is 10.5 Å². The van der Waals surface area contributed by atoms with Gasteiger partial charge in [-0.3, -0.25) is 4.79 Å². The highest BCUT2D eigenvalue weighted by Crippen LogP contribution is 2.19. The molecule has 0 aliphatic carbocycles. The lowest BCUT2D eigenvalue weighted by atomic mass is 10.1. The number of hydrogen-bond acceptors (Lipinski definition) is 4. The van der Waals surface area contributed by atoms with Crippen molar-refractivity contribution >= 4 is 5.91 Å². The molecule has 0 spiro atoms. The first-order chi connectivity index (χ1) is 12.5. The fourth-order valence-electron chi connectivity index (χ4n) is 2.62. The molecule has 0 aliphatic heterocycles. The van der Waals surface area contributed by atoms with Gasteiger partial charge >= 0.3 is 0 Å². The molecule has 3 aromatic rings. The maximum atomic E-state index is 12.6. The summed E-state index contributed by atoms with van der Waals surface area (Å²) in [6.07, 6.45) is 0. The molecule has 0 saturated heterocycles. The highest BCUT2D eigenvalue weighted by atomic mass is 16.5. The Labute approximate surface area is 153 Å². The van der Waals surface area contributed by atoms with Crippen molar-refractivity contribution in [3.8, 4) is 5.75 Å². The van der Waals surface area contributed by atoms with Crippen molar-refractivity contribution in [3.05, 3.63) is 82.7 Å². The summed E-state index contributed by atoms with van der Waals surface area (Å²) < 4.78 is 11.0. The number of rotatable bonds is 6. The molecule has 3 rings (SSSR count). The number of nitrogens with zero attached hydrogens (tertiary/aromatic N) is 1. The number of aryl methyl sites for hydroxylation is 2. The van der Waals surface area contributed by atoms with Gasteiger partial charge in [0.2, 0.25) is 0 Å². The Kier molecular flexibility index (Phi) is 5.37. The van der Waals surface area contributed by atoms with Gasteiger partial charge in [-0.25, -0.2) is 0 Å². The maximum Gasteiger partial charge on any atom is 0.274 e. The van der Waals surface area contributed by atoms with Crippen LogP contribution in [-0.4, -0.2) is 11.1 Å². The summed E-state index contributed by atoms with van der Waals surface area (Å²) in [5.74, 6) is 1.04. The van der Waals surface area contributed by atoms with E-state index in [0.29, 0.717) is 11.3 Å². The van der Waals surface area contributed by atoms with Gasteiger partial charge in [-0.05, 0) is 38.5 Å². The van der Waals surface area contributed by atoms with Crippen LogP contribution in [0.25, 0.3) is 0 Å². The summed E-state index contributed by atoms with van der Waals surface area (Å²) >= 11 is 0. The average Bonchev–Trinajstić information content (AvgIpc) is 3.02. The van der Waals surface area contributed by atoms with E-state index in [9.17, 15) is 4.79 Å². The summed E-state index contributed by atoms with van der Waals surface area (Å²) in [6, 6.07) is 17.4. The second kappa shape index (κ2) is 7.87. The normalized spacial score (nSPS) is 11.8. The Balaban J connectivity index is 1.70. The number of nitrogens with one attached hydrogen (secondary N) is 1. The molecule has 0 saturated carbocycles. The van der Waals surface area contributed by atoms with Crippen molar-refractivity contribution < 1.29 is 14.1 Å². The van der Waals surface area contributed by atoms with Crippen molar-refractivity contribution in [2.75, 3.05) is 0 Å². The Morgan fingerprint density at radius 3 is 2.50 bits per heavy atom. The van der Waals surface area contributed by atoms with Crippen LogP contribution in [0.3, 0.4) is 0 Å². The molecule has 5 heteroatoms. The van der Waals surface area contributed by atoms with E-state index in [-0.39, 0.29) is 24.2 Å². The van der Waals surface area contributed by atoms with Crippen LogP contribution in [-0.2, 0) is 6.61 Å². The monoisotopic (exact) mass is 350 g/mol. The number of ether oxygens (including phenoxy) is 1. The SMILES string of the molecule is Cc1ccc(OCc2c(C(=O)NC(C)c3ccccc3)noc2C)cc1. The summed E-state index contributed by atoms with van der Waals surface area (Å²) in [5.41, 5.74) is 3.10. The van der Waals surface area contributed by atoms with E-state index in [1.54, 1.807) is 6.92 Å². The smallest absolute Gasteiger partial charge is 0.274 e. The van der Waals surface area contributed by atoms with E-state index in [0.717, 1.165) is 16.9 Å². The zero-order chi connectivity index (χ0) is 18.5. The Bertz CT molecular complexity index is 870. The second-order valence-corrected chi connectivity index (χ2v) is 6.27. The summed E-state index contributed by atoms with van der Waals surface area (Å²) in [4.78, 5) is 12.6. The molecular formula is C21H22N2O3. The maximum absolute atomic E-state index is 12.6. The first-order valence-electron chi connectivity index (χ1n) is 8.55. The Morgan fingerprint density at radius 2 is 1.81 bits per heavy atom. The molecule has 26 heavy (non-hydrogen) atoms. The van der Waals surface area contributed by atoms with Gasteiger partial charge in [0.25, 0.3) is 5.91 Å². The highest BCUT2D eigenvalue weighted by Gasteiger charge is 2.22. The van der Waals surface area contributed by atoms with Crippen molar-refractivity contribution in [2.24, 2.45) is 0 Å². The first kappa shape index (κ1) is 17.7. The molecule has 1 aromatic heterocycles. The molecule has 1 unspecified atom stereocenters. The molecule has 0 radical (unpaired) electrons. The third kappa shape index (κ3) is 4.11. The molecule has 1 atom stereocenters. The van der Waals surface area contributed by atoms with Crippen molar-refractivity contribution in [3.63, 3.8) is 0 Å². The molecule has 5 nitrogen and oxygen atoms in total. The van der Waals surface area contributed by atoms with Gasteiger partial charge < -0.3 is 14.6 Å². The van der Waals surface area contributed by atoms with E-state index in [2.05, 4.69) is 10.5 Å². The van der Waals surface area contributed by atoms with Crippen LogP contribution >= 0.6 is 0 Å². The zero-order valence-electron chi connectivity index (χ0n) is 15.2. The van der Waals surface area contributed by atoms with Crippen LogP contribution in [0.2, 0.25) is 0 Å². The van der Waals surface area contributed by atoms with Crippen LogP contribution in [0, 0.1) is 13.8 Å². The van der Waals surface area contributed by atoms with E-state index in [1.807, 2.05) is 68.4 Å². The van der Waals surface area contributed by atoms with Gasteiger partial charge in [0, 0.05) is 0 Å². The molecular weight excluding hydrogens is 328 g/mol. The number of carbonyl (C=O) groups is 1. The molecule has 0 bridgehead atoms. The fourth-order valence-corrected chi connectivity index (χ4v) is 2.62. The van der Waals surface area contributed by atoms with E-state index in [4.69, 9.17) is 9.26 Å². The van der Waals surface area contributed by atoms with Crippen LogP contribution in [0.15, 0.2) is 59.1 Å². The molecule has 1 amide bonds. The van der Waals surface area contributed by atoms with E-state index in [1.165, 1.54) is 0 Å². The largest absolute Gasteiger partial charge is 0.489 e. The predicted octanol–water partition coefficient (Wildman–Crippen LogP) is 4.36. The molecule has 2 aromatic carbocycles. The minimum atomic E-state index is -0.277. The lowest BCUT2D eigenvalue weighted by molar-refractivity contribution is 0.0928. The Morgan fingerprint density at radius 1 is 1.12 bits per heavy atom. The van der Waals surface area contributed by atoms with E-state index < -0.39 is 0 Å². The number of amides is 1. The first-order valence-corrected chi connectivity index (χ1v) is 8.55. The van der Waals surface area contributed by atoms with Crippen molar-refractivity contribution in [1.29, 1.82) is 0 Å². The van der Waals surface area contributed by atoms with Crippen molar-refractivity contribution in [2.45, 2.75) is 33.4 Å². The van der Waals surface area contributed by atoms with E-state index >= 15 is 0 Å². The third-order valence-corrected chi connectivity index (χ3v) is 4.25. The number of carbonyl (C=O) groups excluding carboxylic acids is 1. The van der Waals surface area contributed by atoms with Gasteiger partial charge in [-0.2, -0.15) is 0 Å². The number of hydrogen-bond donors (Lipinski definition) is 1. The molecule has 1 N–H and O–H groups in total. The van der Waals surface area contributed by atoms with Crippen LogP contribution < -0.4 is 10.1 Å². The minimum Gasteiger partial charge on any atom is -0.489 e. The van der Waals surface area contributed by atoms with Crippen LogP contribution in [0.5, 0.6) is 5.75 Å².